The summed E-state index contributed by atoms with van der Waals surface area (Å²) in [6, 6.07) is 1.71. The third-order valence-corrected chi connectivity index (χ3v) is 2.41. The van der Waals surface area contributed by atoms with Crippen LogP contribution in [0.3, 0.4) is 0 Å². The number of carbonyl (C=O) groups is 1. The second kappa shape index (κ2) is 5.41. The Morgan fingerprint density at radius 1 is 1.32 bits per heavy atom. The number of nitrogens with two attached hydrogens (primary N) is 1. The van der Waals surface area contributed by atoms with E-state index in [0.29, 0.717) is 4.90 Å². The fourth-order valence-electron chi connectivity index (χ4n) is 1.35. The second-order valence-corrected chi connectivity index (χ2v) is 3.92. The minimum Gasteiger partial charge on any atom is -0.396 e. The van der Waals surface area contributed by atoms with E-state index in [9.17, 15) is 26.7 Å². The smallest absolute Gasteiger partial charge is 0.390 e. The highest BCUT2D eigenvalue weighted by molar-refractivity contribution is 5.95. The molecule has 1 amide bonds. The Labute approximate surface area is 105 Å². The first-order valence-corrected chi connectivity index (χ1v) is 5.19. The van der Waals surface area contributed by atoms with E-state index in [4.69, 9.17) is 5.73 Å². The zero-order valence-electron chi connectivity index (χ0n) is 9.89. The van der Waals surface area contributed by atoms with Gasteiger partial charge in [0.15, 0.2) is 5.82 Å². The molecule has 0 unspecified atom stereocenters. The van der Waals surface area contributed by atoms with Crippen LogP contribution in [0, 0.1) is 11.6 Å². The van der Waals surface area contributed by atoms with Crippen molar-refractivity contribution in [1.29, 1.82) is 0 Å². The number of nitrogens with zero attached hydrogens (tertiary/aromatic N) is 1. The van der Waals surface area contributed by atoms with Gasteiger partial charge >= 0.3 is 6.18 Å². The van der Waals surface area contributed by atoms with Gasteiger partial charge in [0.2, 0.25) is 0 Å². The maximum absolute atomic E-state index is 13.5. The van der Waals surface area contributed by atoms with E-state index >= 15 is 0 Å². The summed E-state index contributed by atoms with van der Waals surface area (Å²) in [7, 11) is 1.02. The van der Waals surface area contributed by atoms with Gasteiger partial charge in [-0.2, -0.15) is 13.2 Å². The summed E-state index contributed by atoms with van der Waals surface area (Å²) < 4.78 is 62.9. The van der Waals surface area contributed by atoms with Crippen LogP contribution in [-0.2, 0) is 0 Å². The van der Waals surface area contributed by atoms with Crippen molar-refractivity contribution in [3.05, 3.63) is 29.3 Å². The van der Waals surface area contributed by atoms with Crippen molar-refractivity contribution in [2.24, 2.45) is 0 Å². The van der Waals surface area contributed by atoms with E-state index in [2.05, 4.69) is 0 Å². The van der Waals surface area contributed by atoms with Crippen LogP contribution in [-0.4, -0.2) is 30.6 Å². The standard InChI is InChI=1S/C11H11F5N2O/c1-18(5-4-11(14,15)16)10(19)8-6(12)2-3-7(17)9(8)13/h2-3H,4-5,17H2,1H3. The molecule has 1 rings (SSSR count). The molecule has 1 aromatic rings. The third kappa shape index (κ3) is 3.80. The normalized spacial score (nSPS) is 11.5. The molecule has 0 atom stereocenters. The zero-order chi connectivity index (χ0) is 14.8. The Bertz CT molecular complexity index is 487. The number of hydrogen-bond acceptors (Lipinski definition) is 2. The van der Waals surface area contributed by atoms with Crippen molar-refractivity contribution in [3.8, 4) is 0 Å². The fourth-order valence-corrected chi connectivity index (χ4v) is 1.35. The van der Waals surface area contributed by atoms with E-state index in [0.717, 1.165) is 19.2 Å². The van der Waals surface area contributed by atoms with Gasteiger partial charge in [-0.05, 0) is 12.1 Å². The van der Waals surface area contributed by atoms with Crippen LogP contribution in [0.5, 0.6) is 0 Å². The van der Waals surface area contributed by atoms with E-state index in [-0.39, 0.29) is 0 Å². The van der Waals surface area contributed by atoms with Crippen molar-refractivity contribution in [3.63, 3.8) is 0 Å². The summed E-state index contributed by atoms with van der Waals surface area (Å²) in [5.74, 6) is -3.63. The number of halogens is 5. The predicted molar refractivity (Wildman–Crippen MR) is 58.4 cm³/mol. The quantitative estimate of drug-likeness (QED) is 0.684. The average molecular weight is 282 g/mol. The van der Waals surface area contributed by atoms with Crippen LogP contribution in [0.15, 0.2) is 12.1 Å². The number of amides is 1. The Hall–Kier alpha value is -1.86. The minimum absolute atomic E-state index is 0.450. The molecule has 0 aromatic heterocycles. The molecule has 0 saturated heterocycles. The molecule has 0 aliphatic rings. The van der Waals surface area contributed by atoms with Gasteiger partial charge in [0.1, 0.15) is 11.4 Å². The molecule has 0 saturated carbocycles. The number of rotatable bonds is 3. The summed E-state index contributed by atoms with van der Waals surface area (Å²) in [6.07, 6.45) is -5.72. The summed E-state index contributed by atoms with van der Waals surface area (Å²) in [4.78, 5) is 12.3. The molecule has 3 nitrogen and oxygen atoms in total. The predicted octanol–water partition coefficient (Wildman–Crippen LogP) is 2.57. The SMILES string of the molecule is CN(CCC(F)(F)F)C(=O)c1c(F)ccc(N)c1F. The van der Waals surface area contributed by atoms with Crippen molar-refractivity contribution >= 4 is 11.6 Å². The van der Waals surface area contributed by atoms with E-state index in [1.54, 1.807) is 0 Å². The van der Waals surface area contributed by atoms with E-state index in [1.165, 1.54) is 0 Å². The lowest BCUT2D eigenvalue weighted by Gasteiger charge is -2.19. The van der Waals surface area contributed by atoms with Crippen LogP contribution in [0.25, 0.3) is 0 Å². The van der Waals surface area contributed by atoms with Crippen LogP contribution in [0.2, 0.25) is 0 Å². The molecule has 106 valence electrons. The lowest BCUT2D eigenvalue weighted by Crippen LogP contribution is -2.32. The first kappa shape index (κ1) is 15.2. The number of alkyl halides is 3. The second-order valence-electron chi connectivity index (χ2n) is 3.92. The molecule has 0 aliphatic carbocycles. The molecule has 2 N–H and O–H groups in total. The van der Waals surface area contributed by atoms with Gasteiger partial charge in [0, 0.05) is 13.6 Å². The number of benzene rings is 1. The van der Waals surface area contributed by atoms with Gasteiger partial charge in [0.05, 0.1) is 12.1 Å². The molecule has 0 bridgehead atoms. The monoisotopic (exact) mass is 282 g/mol. The number of anilines is 1. The highest BCUT2D eigenvalue weighted by atomic mass is 19.4. The average Bonchev–Trinajstić information content (AvgIpc) is 2.30. The van der Waals surface area contributed by atoms with E-state index in [1.807, 2.05) is 0 Å². The topological polar surface area (TPSA) is 46.3 Å². The molecule has 0 heterocycles. The number of nitrogen functional groups attached to an aromatic ring is 1. The molecule has 19 heavy (non-hydrogen) atoms. The van der Waals surface area contributed by atoms with Gasteiger partial charge in [-0.15, -0.1) is 0 Å². The molecule has 0 radical (unpaired) electrons. The first-order chi connectivity index (χ1) is 8.63. The molecule has 0 spiro atoms. The molecular formula is C11H11F5N2O. The van der Waals surface area contributed by atoms with Crippen LogP contribution in [0.1, 0.15) is 16.8 Å². The zero-order valence-corrected chi connectivity index (χ0v) is 9.89. The Morgan fingerprint density at radius 3 is 2.42 bits per heavy atom. The van der Waals surface area contributed by atoms with Gasteiger partial charge in [0.25, 0.3) is 5.91 Å². The lowest BCUT2D eigenvalue weighted by atomic mass is 10.1. The highest BCUT2D eigenvalue weighted by Crippen LogP contribution is 2.22. The summed E-state index contributed by atoms with van der Waals surface area (Å²) in [6.45, 7) is -0.698. The third-order valence-electron chi connectivity index (χ3n) is 2.41. The number of hydrogen-bond donors (Lipinski definition) is 1. The molecule has 1 aromatic carbocycles. The van der Waals surface area contributed by atoms with Gasteiger partial charge in [-0.1, -0.05) is 0 Å². The summed E-state index contributed by atoms with van der Waals surface area (Å²) in [5.41, 5.74) is 3.77. The maximum atomic E-state index is 13.5. The van der Waals surface area contributed by atoms with E-state index < -0.39 is 47.9 Å². The Kier molecular flexibility index (Phi) is 4.33. The number of carbonyl (C=O) groups excluding carboxylic acids is 1. The lowest BCUT2D eigenvalue weighted by molar-refractivity contribution is -0.136. The van der Waals surface area contributed by atoms with Crippen molar-refractivity contribution in [2.45, 2.75) is 12.6 Å². The van der Waals surface area contributed by atoms with Gasteiger partial charge in [-0.3, -0.25) is 4.79 Å². The maximum Gasteiger partial charge on any atom is 0.390 e. The van der Waals surface area contributed by atoms with Crippen molar-refractivity contribution < 1.29 is 26.7 Å². The van der Waals surface area contributed by atoms with Crippen LogP contribution in [0.4, 0.5) is 27.6 Å². The molecule has 0 aliphatic heterocycles. The summed E-state index contributed by atoms with van der Waals surface area (Å²) >= 11 is 0. The highest BCUT2D eigenvalue weighted by Gasteiger charge is 2.29. The molecule has 0 fully saturated rings. The fraction of sp³-hybridized carbons (Fsp3) is 0.364. The Balaban J connectivity index is 2.92. The summed E-state index contributed by atoms with van der Waals surface area (Å²) in [5, 5.41) is 0. The minimum atomic E-state index is -4.46. The van der Waals surface area contributed by atoms with Crippen LogP contribution >= 0.6 is 0 Å². The molecular weight excluding hydrogens is 271 g/mol. The first-order valence-electron chi connectivity index (χ1n) is 5.19. The Morgan fingerprint density at radius 2 is 1.89 bits per heavy atom. The largest absolute Gasteiger partial charge is 0.396 e. The molecule has 8 heteroatoms. The van der Waals surface area contributed by atoms with Crippen molar-refractivity contribution in [1.82, 2.24) is 4.90 Å². The van der Waals surface area contributed by atoms with Gasteiger partial charge < -0.3 is 10.6 Å². The van der Waals surface area contributed by atoms with Gasteiger partial charge in [-0.25, -0.2) is 8.78 Å². The van der Waals surface area contributed by atoms with Crippen LogP contribution < -0.4 is 5.73 Å². The van der Waals surface area contributed by atoms with Crippen molar-refractivity contribution in [2.75, 3.05) is 19.3 Å².